The predicted octanol–water partition coefficient (Wildman–Crippen LogP) is 16.4. The third kappa shape index (κ3) is 47.1. The summed E-state index contributed by atoms with van der Waals surface area (Å²) in [4.78, 5) is 37.9. The van der Waals surface area contributed by atoms with Gasteiger partial charge in [0.2, 0.25) is 0 Å². The first-order chi connectivity index (χ1) is 30.5. The van der Waals surface area contributed by atoms with Gasteiger partial charge in [0.15, 0.2) is 6.10 Å². The Labute approximate surface area is 380 Å². The van der Waals surface area contributed by atoms with Gasteiger partial charge in [-0.2, -0.15) is 0 Å². The Bertz CT molecular complexity index is 1310. The summed E-state index contributed by atoms with van der Waals surface area (Å²) in [6.07, 6.45) is 66.5. The molecule has 0 aliphatic carbocycles. The quantitative estimate of drug-likeness (QED) is 0.0200. The Morgan fingerprint density at radius 3 is 1.05 bits per heavy atom. The average molecular weight is 859 g/mol. The molecule has 6 heteroatoms. The van der Waals surface area contributed by atoms with Crippen molar-refractivity contribution in [3.8, 4) is 0 Å². The summed E-state index contributed by atoms with van der Waals surface area (Å²) in [6.45, 7) is 6.26. The van der Waals surface area contributed by atoms with E-state index in [0.29, 0.717) is 19.3 Å². The molecule has 0 N–H and O–H groups in total. The molecule has 0 amide bonds. The van der Waals surface area contributed by atoms with Crippen LogP contribution in [0.2, 0.25) is 0 Å². The number of unbranched alkanes of at least 4 members (excludes halogenated alkanes) is 20. The average Bonchev–Trinajstić information content (AvgIpc) is 3.27. The van der Waals surface area contributed by atoms with Gasteiger partial charge in [-0.3, -0.25) is 14.4 Å². The van der Waals surface area contributed by atoms with Gasteiger partial charge >= 0.3 is 17.9 Å². The molecule has 1 unspecified atom stereocenters. The third-order valence-electron chi connectivity index (χ3n) is 10.2. The van der Waals surface area contributed by atoms with Crippen molar-refractivity contribution in [1.82, 2.24) is 0 Å². The van der Waals surface area contributed by atoms with E-state index >= 15 is 0 Å². The zero-order valence-electron chi connectivity index (χ0n) is 39.8. The molecule has 0 spiro atoms. The highest BCUT2D eigenvalue weighted by atomic mass is 16.6. The second-order valence-corrected chi connectivity index (χ2v) is 16.1. The van der Waals surface area contributed by atoms with Crippen LogP contribution in [0.25, 0.3) is 0 Å². The Morgan fingerprint density at radius 1 is 0.339 bits per heavy atom. The predicted molar refractivity (Wildman–Crippen MR) is 265 cm³/mol. The maximum atomic E-state index is 12.7. The lowest BCUT2D eigenvalue weighted by Crippen LogP contribution is -2.30. The van der Waals surface area contributed by atoms with Crippen LogP contribution in [0.15, 0.2) is 109 Å². The normalized spacial score (nSPS) is 13.0. The highest BCUT2D eigenvalue weighted by Crippen LogP contribution is 2.13. The summed E-state index contributed by atoms with van der Waals surface area (Å²) >= 11 is 0. The van der Waals surface area contributed by atoms with Crippen LogP contribution in [0.4, 0.5) is 0 Å². The first kappa shape index (κ1) is 58.1. The Morgan fingerprint density at radius 2 is 0.645 bits per heavy atom. The van der Waals surface area contributed by atoms with Gasteiger partial charge in [-0.15, -0.1) is 0 Å². The molecule has 0 radical (unpaired) electrons. The Balaban J connectivity index is 4.49. The second-order valence-electron chi connectivity index (χ2n) is 16.1. The van der Waals surface area contributed by atoms with Crippen molar-refractivity contribution in [2.75, 3.05) is 13.2 Å². The maximum Gasteiger partial charge on any atom is 0.306 e. The summed E-state index contributed by atoms with van der Waals surface area (Å²) in [5.74, 6) is -1.01. The zero-order chi connectivity index (χ0) is 45.1. The SMILES string of the molecule is CC\C=C/C=C\C=C/C=C\CCCCCC(=O)OCC(COC(=O)CCCCCCC/C=C\CCCCCCCCCCC)OC(=O)CCCCC\C=C/C=C\C=C/C=C\CC. The molecule has 6 nitrogen and oxygen atoms in total. The smallest absolute Gasteiger partial charge is 0.306 e. The molecule has 0 aromatic rings. The van der Waals surface area contributed by atoms with Crippen LogP contribution in [0.1, 0.15) is 207 Å². The minimum absolute atomic E-state index is 0.113. The molecule has 0 fully saturated rings. The molecule has 1 atom stereocenters. The van der Waals surface area contributed by atoms with Crippen molar-refractivity contribution in [2.45, 2.75) is 213 Å². The van der Waals surface area contributed by atoms with Gasteiger partial charge < -0.3 is 14.2 Å². The Kier molecular flexibility index (Phi) is 46.6. The lowest BCUT2D eigenvalue weighted by molar-refractivity contribution is -0.167. The van der Waals surface area contributed by atoms with Crippen molar-refractivity contribution >= 4 is 17.9 Å². The molecule has 0 saturated heterocycles. The van der Waals surface area contributed by atoms with Gasteiger partial charge in [0.25, 0.3) is 0 Å². The van der Waals surface area contributed by atoms with Crippen LogP contribution < -0.4 is 0 Å². The minimum atomic E-state index is -0.819. The van der Waals surface area contributed by atoms with Crippen LogP contribution >= 0.6 is 0 Å². The van der Waals surface area contributed by atoms with E-state index in [0.717, 1.165) is 89.9 Å². The van der Waals surface area contributed by atoms with Crippen molar-refractivity contribution in [3.63, 3.8) is 0 Å². The number of esters is 3. The molecule has 0 bridgehead atoms. The molecule has 0 saturated carbocycles. The van der Waals surface area contributed by atoms with Crippen molar-refractivity contribution in [1.29, 1.82) is 0 Å². The van der Waals surface area contributed by atoms with Crippen LogP contribution in [-0.2, 0) is 28.6 Å². The van der Waals surface area contributed by atoms with Gasteiger partial charge in [0.1, 0.15) is 13.2 Å². The number of allylic oxidation sites excluding steroid dienone is 18. The summed E-state index contributed by atoms with van der Waals surface area (Å²) in [5, 5.41) is 0. The molecule has 0 aliphatic rings. The third-order valence-corrected chi connectivity index (χ3v) is 10.2. The molecule has 0 aliphatic heterocycles. The van der Waals surface area contributed by atoms with Gasteiger partial charge in [-0.25, -0.2) is 0 Å². The molecule has 0 aromatic heterocycles. The number of rotatable bonds is 43. The van der Waals surface area contributed by atoms with Gasteiger partial charge in [-0.05, 0) is 83.5 Å². The van der Waals surface area contributed by atoms with E-state index in [4.69, 9.17) is 14.2 Å². The molecule has 62 heavy (non-hydrogen) atoms. The number of carbonyl (C=O) groups is 3. The molecule has 0 aromatic carbocycles. The lowest BCUT2D eigenvalue weighted by atomic mass is 10.1. The molecular formula is C56H90O6. The first-order valence-corrected chi connectivity index (χ1v) is 25.0. The Hall–Kier alpha value is -3.93. The fourth-order valence-corrected chi connectivity index (χ4v) is 6.46. The van der Waals surface area contributed by atoms with Crippen LogP contribution in [0.3, 0.4) is 0 Å². The summed E-state index contributed by atoms with van der Waals surface area (Å²) in [5.41, 5.74) is 0. The summed E-state index contributed by atoms with van der Waals surface area (Å²) in [6, 6.07) is 0. The van der Waals surface area contributed by atoms with Crippen molar-refractivity contribution in [3.05, 3.63) is 109 Å². The van der Waals surface area contributed by atoms with Gasteiger partial charge in [-0.1, -0.05) is 214 Å². The number of hydrogen-bond acceptors (Lipinski definition) is 6. The van der Waals surface area contributed by atoms with E-state index < -0.39 is 6.10 Å². The van der Waals surface area contributed by atoms with E-state index in [1.165, 1.54) is 70.6 Å². The first-order valence-electron chi connectivity index (χ1n) is 25.0. The highest BCUT2D eigenvalue weighted by molar-refractivity contribution is 5.71. The van der Waals surface area contributed by atoms with Crippen LogP contribution in [0.5, 0.6) is 0 Å². The van der Waals surface area contributed by atoms with E-state index in [-0.39, 0.29) is 37.5 Å². The highest BCUT2D eigenvalue weighted by Gasteiger charge is 2.19. The van der Waals surface area contributed by atoms with E-state index in [9.17, 15) is 14.4 Å². The lowest BCUT2D eigenvalue weighted by Gasteiger charge is -2.18. The molecule has 0 rings (SSSR count). The minimum Gasteiger partial charge on any atom is -0.462 e. The van der Waals surface area contributed by atoms with Crippen LogP contribution in [-0.4, -0.2) is 37.2 Å². The van der Waals surface area contributed by atoms with Crippen LogP contribution in [0, 0.1) is 0 Å². The van der Waals surface area contributed by atoms with Gasteiger partial charge in [0.05, 0.1) is 0 Å². The standard InChI is InChI=1S/C56H90O6/c1-4-7-10-13-16-19-22-25-26-27-28-29-32-34-37-40-43-46-49-55(58)61-52-53(62-56(59)50-47-44-41-38-35-31-24-21-18-15-12-9-6-3)51-60-54(57)48-45-42-39-36-33-30-23-20-17-14-11-8-5-2/h8-9,11-12,14-15,17-18,20-21,23-24,28-31,33,35,53H,4-7,10,13,16,19,22,25-27,32,34,36-52H2,1-3H3/b11-8-,12-9-,17-14-,18-15-,23-20-,24-21-,29-28-,33-30-,35-31-. The van der Waals surface area contributed by atoms with E-state index in [2.05, 4.69) is 57.2 Å². The second kappa shape index (κ2) is 49.7. The fraction of sp³-hybridized carbons (Fsp3) is 0.625. The topological polar surface area (TPSA) is 78.9 Å². The zero-order valence-corrected chi connectivity index (χ0v) is 39.8. The summed E-state index contributed by atoms with van der Waals surface area (Å²) < 4.78 is 16.7. The van der Waals surface area contributed by atoms with E-state index in [1.807, 2.05) is 72.9 Å². The number of ether oxygens (including phenoxy) is 3. The fourth-order valence-electron chi connectivity index (χ4n) is 6.46. The largest absolute Gasteiger partial charge is 0.462 e. The number of carbonyl (C=O) groups excluding carboxylic acids is 3. The van der Waals surface area contributed by atoms with Crippen molar-refractivity contribution < 1.29 is 28.6 Å². The number of hydrogen-bond donors (Lipinski definition) is 0. The molecular weight excluding hydrogens is 769 g/mol. The molecule has 0 heterocycles. The molecule has 350 valence electrons. The maximum absolute atomic E-state index is 12.7. The van der Waals surface area contributed by atoms with E-state index in [1.54, 1.807) is 0 Å². The van der Waals surface area contributed by atoms with Gasteiger partial charge in [0, 0.05) is 19.3 Å². The van der Waals surface area contributed by atoms with Crippen molar-refractivity contribution in [2.24, 2.45) is 0 Å². The monoisotopic (exact) mass is 859 g/mol. The summed E-state index contributed by atoms with van der Waals surface area (Å²) in [7, 11) is 0.